The minimum absolute atomic E-state index is 0.107. The zero-order chi connectivity index (χ0) is 14.2. The van der Waals surface area contributed by atoms with Crippen molar-refractivity contribution in [2.24, 2.45) is 5.73 Å². The van der Waals surface area contributed by atoms with Crippen LogP contribution >= 0.6 is 11.3 Å². The second-order valence-electron chi connectivity index (χ2n) is 4.52. The first-order valence-electron chi connectivity index (χ1n) is 5.82. The first kappa shape index (κ1) is 14.1. The zero-order valence-corrected chi connectivity index (χ0v) is 11.4. The molecule has 0 fully saturated rings. The fourth-order valence-electron chi connectivity index (χ4n) is 1.81. The van der Waals surface area contributed by atoms with Gasteiger partial charge in [0.1, 0.15) is 0 Å². The van der Waals surface area contributed by atoms with Crippen LogP contribution in [0.5, 0.6) is 0 Å². The molecule has 1 atom stereocenters. The Bertz CT molecular complexity index is 585. The highest BCUT2D eigenvalue weighted by Gasteiger charge is 2.31. The van der Waals surface area contributed by atoms with E-state index in [2.05, 4.69) is 0 Å². The number of benzene rings is 1. The molecule has 2 N–H and O–H groups in total. The van der Waals surface area contributed by atoms with Crippen molar-refractivity contribution in [2.75, 3.05) is 0 Å². The molecule has 0 bridgehead atoms. The minimum atomic E-state index is -4.32. The van der Waals surface area contributed by atoms with E-state index in [0.29, 0.717) is 5.56 Å². The van der Waals surface area contributed by atoms with Gasteiger partial charge in [-0.1, -0.05) is 6.07 Å². The van der Waals surface area contributed by atoms with E-state index >= 15 is 0 Å². The summed E-state index contributed by atoms with van der Waals surface area (Å²) in [6, 6.07) is 7.40. The monoisotopic (exact) mass is 285 g/mol. The van der Waals surface area contributed by atoms with E-state index in [1.165, 1.54) is 23.5 Å². The molecule has 1 nitrogen and oxygen atoms in total. The van der Waals surface area contributed by atoms with Crippen molar-refractivity contribution < 1.29 is 13.2 Å². The molecule has 0 aliphatic carbocycles. The van der Waals surface area contributed by atoms with Gasteiger partial charge in [-0.05, 0) is 49.2 Å². The molecule has 0 aliphatic rings. The van der Waals surface area contributed by atoms with Crippen molar-refractivity contribution in [3.8, 4) is 10.4 Å². The molecule has 1 heterocycles. The first-order valence-corrected chi connectivity index (χ1v) is 6.64. The molecule has 0 aliphatic heterocycles. The maximum Gasteiger partial charge on any atom is 0.416 e. The largest absolute Gasteiger partial charge is 0.416 e. The topological polar surface area (TPSA) is 26.0 Å². The molecule has 1 unspecified atom stereocenters. The number of hydrogen-bond donors (Lipinski definition) is 1. The lowest BCUT2D eigenvalue weighted by molar-refractivity contribution is -0.137. The lowest BCUT2D eigenvalue weighted by Crippen LogP contribution is -2.05. The predicted octanol–water partition coefficient (Wildman–Crippen LogP) is 4.76. The maximum absolute atomic E-state index is 12.7. The molecule has 0 saturated heterocycles. The number of hydrogen-bond acceptors (Lipinski definition) is 2. The average molecular weight is 285 g/mol. The molecule has 2 rings (SSSR count). The summed E-state index contributed by atoms with van der Waals surface area (Å²) in [4.78, 5) is 1.78. The molecule has 2 aromatic rings. The summed E-state index contributed by atoms with van der Waals surface area (Å²) in [6.07, 6.45) is -4.32. The third-order valence-electron chi connectivity index (χ3n) is 2.91. The van der Waals surface area contributed by atoms with Gasteiger partial charge in [-0.3, -0.25) is 0 Å². The summed E-state index contributed by atoms with van der Waals surface area (Å²) in [5.41, 5.74) is 6.59. The smallest absolute Gasteiger partial charge is 0.324 e. The lowest BCUT2D eigenvalue weighted by Gasteiger charge is -2.10. The van der Waals surface area contributed by atoms with E-state index in [1.54, 1.807) is 6.92 Å². The van der Waals surface area contributed by atoms with Gasteiger partial charge < -0.3 is 5.73 Å². The van der Waals surface area contributed by atoms with E-state index in [9.17, 15) is 13.2 Å². The number of alkyl halides is 3. The van der Waals surface area contributed by atoms with E-state index in [0.717, 1.165) is 21.4 Å². The van der Waals surface area contributed by atoms with E-state index in [1.807, 2.05) is 19.1 Å². The van der Waals surface area contributed by atoms with Crippen LogP contribution in [-0.4, -0.2) is 0 Å². The van der Waals surface area contributed by atoms with Crippen LogP contribution in [0.2, 0.25) is 0 Å². The van der Waals surface area contributed by atoms with Gasteiger partial charge in [-0.25, -0.2) is 0 Å². The number of nitrogens with two attached hydrogens (primary N) is 1. The van der Waals surface area contributed by atoms with Crippen LogP contribution in [0.15, 0.2) is 30.3 Å². The van der Waals surface area contributed by atoms with Crippen molar-refractivity contribution in [1.82, 2.24) is 0 Å². The molecular formula is C14H14F3NS. The Kier molecular flexibility index (Phi) is 3.69. The Balaban J connectivity index is 2.48. The average Bonchev–Trinajstić information content (AvgIpc) is 2.77. The highest BCUT2D eigenvalue weighted by Crippen LogP contribution is 2.37. The Morgan fingerprint density at radius 2 is 1.84 bits per heavy atom. The molecule has 0 spiro atoms. The van der Waals surface area contributed by atoms with E-state index in [4.69, 9.17) is 5.73 Å². The van der Waals surface area contributed by atoms with Crippen molar-refractivity contribution in [3.63, 3.8) is 0 Å². The summed E-state index contributed by atoms with van der Waals surface area (Å²) >= 11 is 1.44. The van der Waals surface area contributed by atoms with Crippen molar-refractivity contribution in [1.29, 1.82) is 0 Å². The molecule has 102 valence electrons. The van der Waals surface area contributed by atoms with Gasteiger partial charge in [0.15, 0.2) is 0 Å². The van der Waals surface area contributed by atoms with Crippen LogP contribution in [0.3, 0.4) is 0 Å². The molecule has 19 heavy (non-hydrogen) atoms. The highest BCUT2D eigenvalue weighted by atomic mass is 32.1. The van der Waals surface area contributed by atoms with Crippen molar-refractivity contribution in [3.05, 3.63) is 46.3 Å². The molecule has 1 aromatic heterocycles. The summed E-state index contributed by atoms with van der Waals surface area (Å²) in [5.74, 6) is 0. The molecular weight excluding hydrogens is 271 g/mol. The Morgan fingerprint density at radius 3 is 2.37 bits per heavy atom. The standard InChI is InChI=1S/C14H14F3NS/c1-8-3-4-10(14(15,16)17)7-11(8)13-6-5-12(19-13)9(2)18/h3-7,9H,18H2,1-2H3. The molecule has 0 saturated carbocycles. The van der Waals surface area contributed by atoms with Crippen LogP contribution in [0.25, 0.3) is 10.4 Å². The second-order valence-corrected chi connectivity index (χ2v) is 5.63. The van der Waals surface area contributed by atoms with Crippen LogP contribution in [0.4, 0.5) is 13.2 Å². The molecule has 0 radical (unpaired) electrons. The molecule has 0 amide bonds. The number of thiophene rings is 1. The summed E-state index contributed by atoms with van der Waals surface area (Å²) in [7, 11) is 0. The van der Waals surface area contributed by atoms with Crippen LogP contribution < -0.4 is 5.73 Å². The minimum Gasteiger partial charge on any atom is -0.324 e. The summed E-state index contributed by atoms with van der Waals surface area (Å²) < 4.78 is 38.2. The third-order valence-corrected chi connectivity index (χ3v) is 4.23. The van der Waals surface area contributed by atoms with Gasteiger partial charge in [-0.2, -0.15) is 13.2 Å². The van der Waals surface area contributed by atoms with E-state index < -0.39 is 11.7 Å². The third kappa shape index (κ3) is 2.98. The molecule has 1 aromatic carbocycles. The fourth-order valence-corrected chi connectivity index (χ4v) is 2.85. The highest BCUT2D eigenvalue weighted by molar-refractivity contribution is 7.15. The fraction of sp³-hybridized carbons (Fsp3) is 0.286. The van der Waals surface area contributed by atoms with Crippen LogP contribution in [0, 0.1) is 6.92 Å². The van der Waals surface area contributed by atoms with Gasteiger partial charge >= 0.3 is 6.18 Å². The van der Waals surface area contributed by atoms with Crippen LogP contribution in [-0.2, 0) is 6.18 Å². The Hall–Kier alpha value is -1.33. The van der Waals surface area contributed by atoms with Gasteiger partial charge in [0, 0.05) is 15.8 Å². The van der Waals surface area contributed by atoms with Gasteiger partial charge in [0.05, 0.1) is 5.56 Å². The summed E-state index contributed by atoms with van der Waals surface area (Å²) in [6.45, 7) is 3.66. The zero-order valence-electron chi connectivity index (χ0n) is 10.6. The predicted molar refractivity (Wildman–Crippen MR) is 72.1 cm³/mol. The number of rotatable bonds is 2. The van der Waals surface area contributed by atoms with Crippen molar-refractivity contribution in [2.45, 2.75) is 26.1 Å². The number of halogens is 3. The Labute approximate surface area is 113 Å². The second kappa shape index (κ2) is 4.98. The molecule has 5 heteroatoms. The quantitative estimate of drug-likeness (QED) is 0.845. The Morgan fingerprint density at radius 1 is 1.16 bits per heavy atom. The first-order chi connectivity index (χ1) is 8.79. The summed E-state index contributed by atoms with van der Waals surface area (Å²) in [5, 5.41) is 0. The normalized spacial score (nSPS) is 13.6. The van der Waals surface area contributed by atoms with Gasteiger partial charge in [0.2, 0.25) is 0 Å². The maximum atomic E-state index is 12.7. The number of aryl methyl sites for hydroxylation is 1. The van der Waals surface area contributed by atoms with Gasteiger partial charge in [-0.15, -0.1) is 11.3 Å². The van der Waals surface area contributed by atoms with E-state index in [-0.39, 0.29) is 6.04 Å². The van der Waals surface area contributed by atoms with Crippen molar-refractivity contribution >= 4 is 11.3 Å². The van der Waals surface area contributed by atoms with Crippen LogP contribution in [0.1, 0.15) is 29.0 Å². The SMILES string of the molecule is Cc1ccc(C(F)(F)F)cc1-c1ccc(C(C)N)s1. The lowest BCUT2D eigenvalue weighted by atomic mass is 10.0. The van der Waals surface area contributed by atoms with Gasteiger partial charge in [0.25, 0.3) is 0 Å².